The molecule has 0 aliphatic heterocycles. The fourth-order valence-electron chi connectivity index (χ4n) is 1.97. The first kappa shape index (κ1) is 12.6. The summed E-state index contributed by atoms with van der Waals surface area (Å²) in [5, 5.41) is 4.59. The molecule has 0 radical (unpaired) electrons. The molecule has 0 unspecified atom stereocenters. The number of ketones is 1. The Kier molecular flexibility index (Phi) is 3.12. The van der Waals surface area contributed by atoms with Gasteiger partial charge < -0.3 is 4.74 Å². The first-order valence-electron chi connectivity index (χ1n) is 5.86. The van der Waals surface area contributed by atoms with Gasteiger partial charge in [-0.25, -0.2) is 4.52 Å². The summed E-state index contributed by atoms with van der Waals surface area (Å²) in [6, 6.07) is 4.91. The lowest BCUT2D eigenvalue weighted by molar-refractivity contribution is 0.104. The van der Waals surface area contributed by atoms with Crippen molar-refractivity contribution in [3.05, 3.63) is 59.1 Å². The summed E-state index contributed by atoms with van der Waals surface area (Å²) in [4.78, 5) is 16.5. The zero-order chi connectivity index (χ0) is 14.1. The van der Waals surface area contributed by atoms with Crippen LogP contribution in [0.3, 0.4) is 0 Å². The van der Waals surface area contributed by atoms with Crippen molar-refractivity contribution in [1.29, 1.82) is 0 Å². The molecule has 0 atom stereocenters. The minimum absolute atomic E-state index is 0.150. The number of rotatable bonds is 3. The lowest BCUT2D eigenvalue weighted by atomic mass is 10.0. The molecule has 1 aromatic carbocycles. The second-order valence-corrected chi connectivity index (χ2v) is 4.55. The normalized spacial score (nSPS) is 10.7. The number of hydrogen-bond donors (Lipinski definition) is 0. The fourth-order valence-corrected chi connectivity index (χ4v) is 2.16. The van der Waals surface area contributed by atoms with E-state index in [1.165, 1.54) is 13.3 Å². The van der Waals surface area contributed by atoms with Crippen LogP contribution >= 0.6 is 11.6 Å². The molecule has 2 heterocycles. The first-order valence-corrected chi connectivity index (χ1v) is 6.24. The number of methoxy groups -OCH3 is 1. The molecule has 20 heavy (non-hydrogen) atoms. The quantitative estimate of drug-likeness (QED) is 0.695. The van der Waals surface area contributed by atoms with Crippen molar-refractivity contribution in [3.63, 3.8) is 0 Å². The highest BCUT2D eigenvalue weighted by Crippen LogP contribution is 2.26. The van der Waals surface area contributed by atoms with Crippen LogP contribution in [0.4, 0.5) is 0 Å². The minimum Gasteiger partial charge on any atom is -0.495 e. The van der Waals surface area contributed by atoms with E-state index in [0.29, 0.717) is 27.4 Å². The molecule has 0 aliphatic carbocycles. The molecule has 6 heteroatoms. The van der Waals surface area contributed by atoms with Crippen LogP contribution < -0.4 is 4.74 Å². The van der Waals surface area contributed by atoms with Crippen LogP contribution in [0.15, 0.2) is 43.0 Å². The number of aromatic nitrogens is 3. The zero-order valence-electron chi connectivity index (χ0n) is 10.6. The van der Waals surface area contributed by atoms with Crippen LogP contribution in [-0.2, 0) is 0 Å². The monoisotopic (exact) mass is 287 g/mol. The molecule has 0 saturated heterocycles. The second-order valence-electron chi connectivity index (χ2n) is 4.14. The van der Waals surface area contributed by atoms with Crippen LogP contribution in [0, 0.1) is 0 Å². The van der Waals surface area contributed by atoms with E-state index in [4.69, 9.17) is 16.3 Å². The molecular weight excluding hydrogens is 278 g/mol. The highest BCUT2D eigenvalue weighted by molar-refractivity contribution is 6.32. The van der Waals surface area contributed by atoms with E-state index in [0.717, 1.165) is 0 Å². The Bertz CT molecular complexity index is 798. The standard InChI is InChI=1S/C14H10ClN3O2/c1-20-13-6-9(2-3-11(13)15)14(19)10-7-17-18-5-4-16-8-12(10)18/h2-8H,1H3. The Balaban J connectivity index is 2.08. The van der Waals surface area contributed by atoms with Gasteiger partial charge in [-0.05, 0) is 18.2 Å². The van der Waals surface area contributed by atoms with Crippen molar-refractivity contribution >= 4 is 22.9 Å². The van der Waals surface area contributed by atoms with Crippen molar-refractivity contribution in [2.45, 2.75) is 0 Å². The number of carbonyl (C=O) groups is 1. The number of fused-ring (bicyclic) bond motifs is 1. The van der Waals surface area contributed by atoms with Gasteiger partial charge in [0.05, 0.1) is 35.6 Å². The van der Waals surface area contributed by atoms with Gasteiger partial charge in [-0.3, -0.25) is 9.78 Å². The van der Waals surface area contributed by atoms with Crippen LogP contribution in [0.25, 0.3) is 5.52 Å². The maximum absolute atomic E-state index is 12.5. The van der Waals surface area contributed by atoms with E-state index in [1.54, 1.807) is 41.3 Å². The molecule has 0 bridgehead atoms. The molecule has 0 N–H and O–H groups in total. The van der Waals surface area contributed by atoms with E-state index >= 15 is 0 Å². The Morgan fingerprint density at radius 1 is 1.35 bits per heavy atom. The summed E-state index contributed by atoms with van der Waals surface area (Å²) >= 11 is 5.96. The molecule has 3 aromatic rings. The van der Waals surface area contributed by atoms with Crippen molar-refractivity contribution in [2.75, 3.05) is 7.11 Å². The smallest absolute Gasteiger partial charge is 0.197 e. The second kappa shape index (κ2) is 4.94. The molecule has 0 aliphatic rings. The van der Waals surface area contributed by atoms with Crippen molar-refractivity contribution in [3.8, 4) is 5.75 Å². The molecule has 0 saturated carbocycles. The molecule has 5 nitrogen and oxygen atoms in total. The molecule has 0 spiro atoms. The number of carbonyl (C=O) groups excluding carboxylic acids is 1. The van der Waals surface area contributed by atoms with Gasteiger partial charge in [-0.15, -0.1) is 0 Å². The zero-order valence-corrected chi connectivity index (χ0v) is 11.3. The third-order valence-electron chi connectivity index (χ3n) is 2.98. The first-order chi connectivity index (χ1) is 9.70. The van der Waals surface area contributed by atoms with Crippen LogP contribution in [0.1, 0.15) is 15.9 Å². The molecular formula is C14H10ClN3O2. The summed E-state index contributed by atoms with van der Waals surface area (Å²) in [7, 11) is 1.51. The highest BCUT2D eigenvalue weighted by Gasteiger charge is 2.16. The van der Waals surface area contributed by atoms with Gasteiger partial charge in [0.25, 0.3) is 0 Å². The molecule has 3 rings (SSSR count). The molecule has 2 aromatic heterocycles. The lowest BCUT2D eigenvalue weighted by Crippen LogP contribution is -2.01. The number of hydrogen-bond acceptors (Lipinski definition) is 4. The Morgan fingerprint density at radius 3 is 3.00 bits per heavy atom. The van der Waals surface area contributed by atoms with Crippen LogP contribution in [0.5, 0.6) is 5.75 Å². The SMILES string of the molecule is COc1cc(C(=O)c2cnn3ccncc23)ccc1Cl. The van der Waals surface area contributed by atoms with Crippen molar-refractivity contribution < 1.29 is 9.53 Å². The van der Waals surface area contributed by atoms with Crippen molar-refractivity contribution in [1.82, 2.24) is 14.6 Å². The Labute approximate surface area is 119 Å². The summed E-state index contributed by atoms with van der Waals surface area (Å²) in [5.41, 5.74) is 1.64. The number of benzene rings is 1. The number of ether oxygens (including phenoxy) is 1. The van der Waals surface area contributed by atoms with Crippen LogP contribution in [0.2, 0.25) is 5.02 Å². The highest BCUT2D eigenvalue weighted by atomic mass is 35.5. The largest absolute Gasteiger partial charge is 0.495 e. The van der Waals surface area contributed by atoms with Gasteiger partial charge in [0.15, 0.2) is 5.78 Å². The van der Waals surface area contributed by atoms with Gasteiger partial charge in [0.1, 0.15) is 5.75 Å². The van der Waals surface area contributed by atoms with Crippen molar-refractivity contribution in [2.24, 2.45) is 0 Å². The third kappa shape index (κ3) is 2.02. The average molecular weight is 288 g/mol. The predicted molar refractivity (Wildman–Crippen MR) is 74.4 cm³/mol. The minimum atomic E-state index is -0.150. The topological polar surface area (TPSA) is 56.5 Å². The summed E-state index contributed by atoms with van der Waals surface area (Å²) < 4.78 is 6.73. The number of nitrogens with zero attached hydrogens (tertiary/aromatic N) is 3. The molecule has 100 valence electrons. The van der Waals surface area contributed by atoms with E-state index in [-0.39, 0.29) is 5.78 Å². The third-order valence-corrected chi connectivity index (χ3v) is 3.29. The fraction of sp³-hybridized carbons (Fsp3) is 0.0714. The van der Waals surface area contributed by atoms with Crippen LogP contribution in [-0.4, -0.2) is 27.5 Å². The maximum atomic E-state index is 12.5. The molecule has 0 fully saturated rings. The van der Waals surface area contributed by atoms with E-state index in [9.17, 15) is 4.79 Å². The lowest BCUT2D eigenvalue weighted by Gasteiger charge is -2.05. The summed E-state index contributed by atoms with van der Waals surface area (Å²) in [6.45, 7) is 0. The van der Waals surface area contributed by atoms with E-state index < -0.39 is 0 Å². The average Bonchev–Trinajstić information content (AvgIpc) is 2.91. The van der Waals surface area contributed by atoms with E-state index in [2.05, 4.69) is 10.1 Å². The van der Waals surface area contributed by atoms with E-state index in [1.807, 2.05) is 0 Å². The van der Waals surface area contributed by atoms with Gasteiger partial charge >= 0.3 is 0 Å². The Hall–Kier alpha value is -2.40. The number of halogens is 1. The van der Waals surface area contributed by atoms with Gasteiger partial charge in [0, 0.05) is 18.0 Å². The summed E-state index contributed by atoms with van der Waals surface area (Å²) in [5.74, 6) is 0.315. The maximum Gasteiger partial charge on any atom is 0.197 e. The molecule has 0 amide bonds. The van der Waals surface area contributed by atoms with Gasteiger partial charge in [-0.2, -0.15) is 5.10 Å². The van der Waals surface area contributed by atoms with Gasteiger partial charge in [-0.1, -0.05) is 11.6 Å². The Morgan fingerprint density at radius 2 is 2.20 bits per heavy atom. The predicted octanol–water partition coefficient (Wildman–Crippen LogP) is 2.62. The summed E-state index contributed by atoms with van der Waals surface area (Å²) in [6.07, 6.45) is 6.43. The van der Waals surface area contributed by atoms with Gasteiger partial charge in [0.2, 0.25) is 0 Å².